The van der Waals surface area contributed by atoms with E-state index in [0.717, 1.165) is 13.2 Å². The van der Waals surface area contributed by atoms with Crippen LogP contribution in [0.3, 0.4) is 0 Å². The van der Waals surface area contributed by atoms with Crippen LogP contribution in [0.2, 0.25) is 0 Å². The number of halogens is 4. The summed E-state index contributed by atoms with van der Waals surface area (Å²) in [5, 5.41) is 0.116. The summed E-state index contributed by atoms with van der Waals surface area (Å²) < 4.78 is 42.2. The molecule has 7 heteroatoms. The molecule has 16 heavy (non-hydrogen) atoms. The van der Waals surface area contributed by atoms with Crippen LogP contribution in [-0.4, -0.2) is 18.1 Å². The number of hydrogen-bond donors (Lipinski definition) is 0. The molecule has 0 amide bonds. The smallest absolute Gasteiger partial charge is 0.356 e. The standard InChI is InChI=1S/C9H7BrF3NO2/c1-16-9(15)6-4(3-10)2-5(11)7(14-6)8(12)13/h2,8H,3H2,1H3. The molecule has 0 atom stereocenters. The minimum atomic E-state index is -3.08. The molecule has 0 spiro atoms. The molecule has 0 aliphatic rings. The SMILES string of the molecule is COC(=O)c1nc(C(F)F)c(F)cc1CBr. The number of alkyl halides is 3. The Morgan fingerprint density at radius 2 is 2.25 bits per heavy atom. The molecule has 0 fully saturated rings. The van der Waals surface area contributed by atoms with Gasteiger partial charge in [-0.3, -0.25) is 0 Å². The first kappa shape index (κ1) is 13.0. The molecule has 0 saturated carbocycles. The van der Waals surface area contributed by atoms with Gasteiger partial charge < -0.3 is 4.74 Å². The maximum absolute atomic E-state index is 13.1. The van der Waals surface area contributed by atoms with Crippen LogP contribution in [0, 0.1) is 5.82 Å². The molecule has 0 N–H and O–H groups in total. The van der Waals surface area contributed by atoms with E-state index in [1.165, 1.54) is 0 Å². The van der Waals surface area contributed by atoms with Crippen LogP contribution in [-0.2, 0) is 10.1 Å². The first-order valence-corrected chi connectivity index (χ1v) is 5.25. The van der Waals surface area contributed by atoms with Gasteiger partial charge in [-0.1, -0.05) is 15.9 Å². The summed E-state index contributed by atoms with van der Waals surface area (Å²) in [7, 11) is 1.09. The molecule has 3 nitrogen and oxygen atoms in total. The molecule has 1 heterocycles. The summed E-state index contributed by atoms with van der Waals surface area (Å²) >= 11 is 3.00. The number of rotatable bonds is 3. The molecule has 88 valence electrons. The summed E-state index contributed by atoms with van der Waals surface area (Å²) in [6.07, 6.45) is -3.08. The van der Waals surface area contributed by atoms with E-state index in [0.29, 0.717) is 0 Å². The molecule has 0 aliphatic heterocycles. The van der Waals surface area contributed by atoms with Gasteiger partial charge in [-0.2, -0.15) is 0 Å². The fourth-order valence-electron chi connectivity index (χ4n) is 1.07. The van der Waals surface area contributed by atoms with Crippen LogP contribution in [0.15, 0.2) is 6.07 Å². The highest BCUT2D eigenvalue weighted by Crippen LogP contribution is 2.23. The van der Waals surface area contributed by atoms with Gasteiger partial charge in [0.2, 0.25) is 0 Å². The van der Waals surface area contributed by atoms with Gasteiger partial charge in [-0.05, 0) is 11.6 Å². The predicted octanol–water partition coefficient (Wildman–Crippen LogP) is 2.84. The van der Waals surface area contributed by atoms with Gasteiger partial charge in [0.15, 0.2) is 11.5 Å². The van der Waals surface area contributed by atoms with Gasteiger partial charge in [0.25, 0.3) is 6.43 Å². The fourth-order valence-corrected chi connectivity index (χ4v) is 1.50. The van der Waals surface area contributed by atoms with Crippen molar-refractivity contribution >= 4 is 21.9 Å². The van der Waals surface area contributed by atoms with E-state index >= 15 is 0 Å². The third-order valence-corrected chi connectivity index (χ3v) is 2.42. The number of hydrogen-bond acceptors (Lipinski definition) is 3. The normalized spacial score (nSPS) is 10.6. The number of pyridine rings is 1. The monoisotopic (exact) mass is 297 g/mol. The van der Waals surface area contributed by atoms with Crippen molar-refractivity contribution in [1.29, 1.82) is 0 Å². The van der Waals surface area contributed by atoms with Crippen molar-refractivity contribution in [2.75, 3.05) is 7.11 Å². The summed E-state index contributed by atoms with van der Waals surface area (Å²) in [5.41, 5.74) is -1.20. The first-order valence-electron chi connectivity index (χ1n) is 4.13. The molecule has 0 aliphatic carbocycles. The highest BCUT2D eigenvalue weighted by molar-refractivity contribution is 9.08. The second-order valence-electron chi connectivity index (χ2n) is 2.79. The second-order valence-corrected chi connectivity index (χ2v) is 3.35. The highest BCUT2D eigenvalue weighted by Gasteiger charge is 2.22. The van der Waals surface area contributed by atoms with Gasteiger partial charge in [0, 0.05) is 5.33 Å². The molecule has 1 rings (SSSR count). The van der Waals surface area contributed by atoms with Crippen molar-refractivity contribution < 1.29 is 22.7 Å². The summed E-state index contributed by atoms with van der Waals surface area (Å²) in [6, 6.07) is 0.843. The van der Waals surface area contributed by atoms with Gasteiger partial charge in [-0.25, -0.2) is 22.9 Å². The zero-order chi connectivity index (χ0) is 12.3. The third kappa shape index (κ3) is 2.52. The van der Waals surface area contributed by atoms with E-state index in [2.05, 4.69) is 25.7 Å². The summed E-state index contributed by atoms with van der Waals surface area (Å²) in [5.74, 6) is -2.02. The fraction of sp³-hybridized carbons (Fsp3) is 0.333. The van der Waals surface area contributed by atoms with Crippen molar-refractivity contribution in [3.05, 3.63) is 28.8 Å². The lowest BCUT2D eigenvalue weighted by Gasteiger charge is -2.08. The first-order chi connectivity index (χ1) is 7.51. The Balaban J connectivity index is 3.34. The van der Waals surface area contributed by atoms with E-state index in [1.807, 2.05) is 0 Å². The maximum Gasteiger partial charge on any atom is 0.356 e. The van der Waals surface area contributed by atoms with Crippen molar-refractivity contribution in [3.63, 3.8) is 0 Å². The van der Waals surface area contributed by atoms with Crippen LogP contribution in [0.4, 0.5) is 13.2 Å². The third-order valence-electron chi connectivity index (χ3n) is 1.81. The zero-order valence-corrected chi connectivity index (χ0v) is 9.72. The van der Waals surface area contributed by atoms with E-state index < -0.39 is 23.9 Å². The van der Waals surface area contributed by atoms with Crippen LogP contribution < -0.4 is 0 Å². The van der Waals surface area contributed by atoms with Crippen LogP contribution >= 0.6 is 15.9 Å². The predicted molar refractivity (Wildman–Crippen MR) is 53.1 cm³/mol. The average molecular weight is 298 g/mol. The lowest BCUT2D eigenvalue weighted by Crippen LogP contribution is -2.11. The molecule has 0 radical (unpaired) electrons. The van der Waals surface area contributed by atoms with Crippen molar-refractivity contribution in [3.8, 4) is 0 Å². The lowest BCUT2D eigenvalue weighted by molar-refractivity contribution is 0.0591. The largest absolute Gasteiger partial charge is 0.464 e. The van der Waals surface area contributed by atoms with E-state index in [9.17, 15) is 18.0 Å². The Labute approximate surface area is 97.8 Å². The number of carbonyl (C=O) groups is 1. The Morgan fingerprint density at radius 3 is 2.69 bits per heavy atom. The molecular formula is C9H7BrF3NO2. The molecule has 1 aromatic rings. The van der Waals surface area contributed by atoms with E-state index in [4.69, 9.17) is 0 Å². The van der Waals surface area contributed by atoms with Crippen molar-refractivity contribution in [1.82, 2.24) is 4.98 Å². The van der Waals surface area contributed by atoms with Crippen LogP contribution in [0.5, 0.6) is 0 Å². The van der Waals surface area contributed by atoms with E-state index in [1.54, 1.807) is 0 Å². The van der Waals surface area contributed by atoms with Gasteiger partial charge >= 0.3 is 5.97 Å². The number of ether oxygens (including phenoxy) is 1. The number of carbonyl (C=O) groups excluding carboxylic acids is 1. The maximum atomic E-state index is 13.1. The topological polar surface area (TPSA) is 39.2 Å². The molecule has 1 aromatic heterocycles. The Hall–Kier alpha value is -1.11. The molecule has 0 bridgehead atoms. The molecule has 0 aromatic carbocycles. The summed E-state index contributed by atoms with van der Waals surface area (Å²) in [6.45, 7) is 0. The number of nitrogens with zero attached hydrogens (tertiary/aromatic N) is 1. The van der Waals surface area contributed by atoms with Crippen LogP contribution in [0.1, 0.15) is 28.2 Å². The summed E-state index contributed by atoms with van der Waals surface area (Å²) in [4.78, 5) is 14.5. The quantitative estimate of drug-likeness (QED) is 0.636. The second kappa shape index (κ2) is 5.29. The Bertz CT molecular complexity index is 412. The lowest BCUT2D eigenvalue weighted by atomic mass is 10.2. The Kier molecular flexibility index (Phi) is 4.28. The van der Waals surface area contributed by atoms with Gasteiger partial charge in [-0.15, -0.1) is 0 Å². The van der Waals surface area contributed by atoms with Crippen molar-refractivity contribution in [2.24, 2.45) is 0 Å². The van der Waals surface area contributed by atoms with Crippen LogP contribution in [0.25, 0.3) is 0 Å². The Morgan fingerprint density at radius 1 is 1.62 bits per heavy atom. The molecular weight excluding hydrogens is 291 g/mol. The minimum Gasteiger partial charge on any atom is -0.464 e. The van der Waals surface area contributed by atoms with Gasteiger partial charge in [0.05, 0.1) is 7.11 Å². The molecule has 0 unspecified atom stereocenters. The highest BCUT2D eigenvalue weighted by atomic mass is 79.9. The molecule has 0 saturated heterocycles. The van der Waals surface area contributed by atoms with Gasteiger partial charge in [0.1, 0.15) is 5.69 Å². The number of aromatic nitrogens is 1. The average Bonchev–Trinajstić information content (AvgIpc) is 2.27. The number of methoxy groups -OCH3 is 1. The van der Waals surface area contributed by atoms with Crippen molar-refractivity contribution in [2.45, 2.75) is 11.8 Å². The number of esters is 1. The van der Waals surface area contributed by atoms with E-state index in [-0.39, 0.29) is 16.6 Å². The zero-order valence-electron chi connectivity index (χ0n) is 8.14. The minimum absolute atomic E-state index is 0.116.